The number of amides is 2. The number of hydrogen-bond acceptors (Lipinski definition) is 3. The highest BCUT2D eigenvalue weighted by Gasteiger charge is 2.38. The number of para-hydroxylation sites is 2. The molecule has 1 aliphatic rings. The summed E-state index contributed by atoms with van der Waals surface area (Å²) in [6.07, 6.45) is 1.18. The second-order valence-corrected chi connectivity index (χ2v) is 8.16. The molecule has 2 atom stereocenters. The average molecular weight is 400 g/mol. The minimum absolute atomic E-state index is 0.0581. The van der Waals surface area contributed by atoms with Gasteiger partial charge in [0.2, 0.25) is 11.8 Å². The van der Waals surface area contributed by atoms with Gasteiger partial charge in [-0.1, -0.05) is 43.3 Å². The SMILES string of the molecule is Cc1nc2ccccc2c2c(NC(=O)CCNC(=O)C3CC3C)c3ccccc3n12. The fraction of sp³-hybridized carbons (Fsp3) is 0.292. The summed E-state index contributed by atoms with van der Waals surface area (Å²) in [5.74, 6) is 1.39. The van der Waals surface area contributed by atoms with E-state index in [4.69, 9.17) is 4.98 Å². The molecule has 1 fully saturated rings. The number of carbonyl (C=O) groups is 2. The van der Waals surface area contributed by atoms with Crippen molar-refractivity contribution in [1.29, 1.82) is 0 Å². The number of aryl methyl sites for hydroxylation is 1. The van der Waals surface area contributed by atoms with Crippen LogP contribution in [0.3, 0.4) is 0 Å². The Balaban J connectivity index is 1.49. The van der Waals surface area contributed by atoms with Gasteiger partial charge in [0.05, 0.1) is 22.2 Å². The number of anilines is 1. The van der Waals surface area contributed by atoms with Crippen LogP contribution in [0, 0.1) is 18.8 Å². The lowest BCUT2D eigenvalue weighted by Crippen LogP contribution is -2.29. The Bertz CT molecular complexity index is 1310. The molecule has 6 nitrogen and oxygen atoms in total. The molecular weight excluding hydrogens is 376 g/mol. The number of nitrogens with one attached hydrogen (secondary N) is 2. The number of benzene rings is 2. The van der Waals surface area contributed by atoms with Gasteiger partial charge >= 0.3 is 0 Å². The molecule has 2 aromatic heterocycles. The number of hydrogen-bond donors (Lipinski definition) is 2. The predicted molar refractivity (Wildman–Crippen MR) is 118 cm³/mol. The largest absolute Gasteiger partial charge is 0.355 e. The van der Waals surface area contributed by atoms with Crippen molar-refractivity contribution in [3.8, 4) is 0 Å². The van der Waals surface area contributed by atoms with Gasteiger partial charge in [-0.2, -0.15) is 0 Å². The Labute approximate surface area is 174 Å². The molecule has 1 saturated carbocycles. The van der Waals surface area contributed by atoms with Crippen LogP contribution in [0.15, 0.2) is 48.5 Å². The second kappa shape index (κ2) is 7.13. The van der Waals surface area contributed by atoms with E-state index in [0.29, 0.717) is 12.5 Å². The maximum absolute atomic E-state index is 12.8. The molecule has 1 aliphatic carbocycles. The zero-order chi connectivity index (χ0) is 20.8. The highest BCUT2D eigenvalue weighted by atomic mass is 16.2. The van der Waals surface area contributed by atoms with Crippen molar-refractivity contribution < 1.29 is 9.59 Å². The second-order valence-electron chi connectivity index (χ2n) is 8.16. The Morgan fingerprint density at radius 3 is 2.57 bits per heavy atom. The van der Waals surface area contributed by atoms with Crippen LogP contribution in [-0.2, 0) is 9.59 Å². The van der Waals surface area contributed by atoms with E-state index in [1.54, 1.807) is 0 Å². The first-order valence-corrected chi connectivity index (χ1v) is 10.4. The van der Waals surface area contributed by atoms with E-state index < -0.39 is 0 Å². The van der Waals surface area contributed by atoms with E-state index in [2.05, 4.69) is 22.0 Å². The number of carbonyl (C=O) groups excluding carboxylic acids is 2. The Morgan fingerprint density at radius 1 is 1.10 bits per heavy atom. The molecule has 2 aromatic carbocycles. The molecular formula is C24H24N4O2. The zero-order valence-electron chi connectivity index (χ0n) is 17.1. The fourth-order valence-electron chi connectivity index (χ4n) is 4.27. The number of rotatable bonds is 5. The molecule has 0 aliphatic heterocycles. The molecule has 0 spiro atoms. The average Bonchev–Trinajstić information content (AvgIpc) is 3.39. The van der Waals surface area contributed by atoms with Crippen LogP contribution in [0.25, 0.3) is 27.3 Å². The van der Waals surface area contributed by atoms with Gasteiger partial charge < -0.3 is 10.6 Å². The molecule has 2 heterocycles. The third kappa shape index (κ3) is 3.09. The normalized spacial score (nSPS) is 18.1. The molecule has 2 unspecified atom stereocenters. The molecule has 4 aromatic rings. The van der Waals surface area contributed by atoms with E-state index in [-0.39, 0.29) is 24.2 Å². The predicted octanol–water partition coefficient (Wildman–Crippen LogP) is 4.05. The quantitative estimate of drug-likeness (QED) is 0.531. The van der Waals surface area contributed by atoms with E-state index in [9.17, 15) is 9.59 Å². The molecule has 0 saturated heterocycles. The first kappa shape index (κ1) is 18.6. The van der Waals surface area contributed by atoms with Crippen molar-refractivity contribution in [3.05, 3.63) is 54.4 Å². The Hall–Kier alpha value is -3.41. The molecule has 0 radical (unpaired) electrons. The lowest BCUT2D eigenvalue weighted by atomic mass is 10.1. The van der Waals surface area contributed by atoms with E-state index in [1.807, 2.05) is 55.5 Å². The van der Waals surface area contributed by atoms with Crippen LogP contribution in [0.4, 0.5) is 5.69 Å². The summed E-state index contributed by atoms with van der Waals surface area (Å²) in [4.78, 5) is 29.5. The summed E-state index contributed by atoms with van der Waals surface area (Å²) in [6, 6.07) is 16.0. The first-order chi connectivity index (χ1) is 14.5. The number of nitrogens with zero attached hydrogens (tertiary/aromatic N) is 2. The van der Waals surface area contributed by atoms with E-state index in [0.717, 1.165) is 45.3 Å². The van der Waals surface area contributed by atoms with Crippen LogP contribution in [-0.4, -0.2) is 27.7 Å². The number of aromatic nitrogens is 2. The maximum Gasteiger partial charge on any atom is 0.226 e. The Morgan fingerprint density at radius 2 is 1.80 bits per heavy atom. The smallest absolute Gasteiger partial charge is 0.226 e. The van der Waals surface area contributed by atoms with Gasteiger partial charge in [-0.25, -0.2) is 4.98 Å². The van der Waals surface area contributed by atoms with Crippen LogP contribution in [0.5, 0.6) is 0 Å². The van der Waals surface area contributed by atoms with Gasteiger partial charge in [0.1, 0.15) is 5.82 Å². The minimum Gasteiger partial charge on any atom is -0.355 e. The molecule has 2 N–H and O–H groups in total. The number of fused-ring (bicyclic) bond motifs is 5. The molecule has 30 heavy (non-hydrogen) atoms. The Kier molecular flexibility index (Phi) is 4.42. The van der Waals surface area contributed by atoms with Crippen molar-refractivity contribution in [3.63, 3.8) is 0 Å². The third-order valence-corrected chi connectivity index (χ3v) is 6.00. The fourth-order valence-corrected chi connectivity index (χ4v) is 4.27. The summed E-state index contributed by atoms with van der Waals surface area (Å²) in [6.45, 7) is 4.40. The minimum atomic E-state index is -0.115. The van der Waals surface area contributed by atoms with Gasteiger partial charge in [0, 0.05) is 29.7 Å². The summed E-state index contributed by atoms with van der Waals surface area (Å²) in [5.41, 5.74) is 3.64. The van der Waals surface area contributed by atoms with Gasteiger partial charge in [0.15, 0.2) is 0 Å². The highest BCUT2D eigenvalue weighted by Crippen LogP contribution is 2.38. The first-order valence-electron chi connectivity index (χ1n) is 10.4. The van der Waals surface area contributed by atoms with Crippen molar-refractivity contribution in [2.24, 2.45) is 11.8 Å². The summed E-state index contributed by atoms with van der Waals surface area (Å²) in [7, 11) is 0. The monoisotopic (exact) mass is 400 g/mol. The standard InChI is InChI=1S/C24H24N4O2/c1-14-13-18(14)24(30)25-12-11-21(29)27-22-17-8-4-6-10-20(17)28-15(2)26-19-9-5-3-7-16(19)23(22)28/h3-10,14,18H,11-13H2,1-2H3,(H,25,30)(H,27,29). The van der Waals surface area contributed by atoms with E-state index >= 15 is 0 Å². The van der Waals surface area contributed by atoms with Crippen molar-refractivity contribution >= 4 is 44.8 Å². The van der Waals surface area contributed by atoms with Crippen LogP contribution < -0.4 is 10.6 Å². The lowest BCUT2D eigenvalue weighted by molar-refractivity contribution is -0.122. The zero-order valence-corrected chi connectivity index (χ0v) is 17.1. The van der Waals surface area contributed by atoms with Crippen LogP contribution in [0.2, 0.25) is 0 Å². The maximum atomic E-state index is 12.8. The molecule has 152 valence electrons. The van der Waals surface area contributed by atoms with E-state index in [1.165, 1.54) is 0 Å². The van der Waals surface area contributed by atoms with Gasteiger partial charge in [-0.05, 0) is 31.4 Å². The molecule has 2 amide bonds. The van der Waals surface area contributed by atoms with Crippen LogP contribution in [0.1, 0.15) is 25.6 Å². The lowest BCUT2D eigenvalue weighted by Gasteiger charge is -2.09. The van der Waals surface area contributed by atoms with Crippen molar-refractivity contribution in [1.82, 2.24) is 14.7 Å². The van der Waals surface area contributed by atoms with Gasteiger partial charge in [0.25, 0.3) is 0 Å². The van der Waals surface area contributed by atoms with Gasteiger partial charge in [-0.15, -0.1) is 0 Å². The van der Waals surface area contributed by atoms with Gasteiger partial charge in [-0.3, -0.25) is 14.0 Å². The van der Waals surface area contributed by atoms with Crippen molar-refractivity contribution in [2.75, 3.05) is 11.9 Å². The summed E-state index contributed by atoms with van der Waals surface area (Å²) < 4.78 is 2.10. The summed E-state index contributed by atoms with van der Waals surface area (Å²) >= 11 is 0. The molecule has 0 bridgehead atoms. The molecule has 5 rings (SSSR count). The summed E-state index contributed by atoms with van der Waals surface area (Å²) in [5, 5.41) is 7.97. The third-order valence-electron chi connectivity index (χ3n) is 6.00. The highest BCUT2D eigenvalue weighted by molar-refractivity contribution is 6.16. The topological polar surface area (TPSA) is 75.5 Å². The van der Waals surface area contributed by atoms with Crippen LogP contribution >= 0.6 is 0 Å². The van der Waals surface area contributed by atoms with Crippen molar-refractivity contribution in [2.45, 2.75) is 26.7 Å². The molecule has 6 heteroatoms.